The average Bonchev–Trinajstić information content (AvgIpc) is 2.68. The third-order valence-corrected chi connectivity index (χ3v) is 4.17. The van der Waals surface area contributed by atoms with Gasteiger partial charge < -0.3 is 15.4 Å². The summed E-state index contributed by atoms with van der Waals surface area (Å²) in [5.74, 6) is -1.59. The molecule has 8 nitrogen and oxygen atoms in total. The number of urea groups is 1. The largest absolute Gasteiger partial charge is 0.452 e. The van der Waals surface area contributed by atoms with Crippen LogP contribution in [0, 0.1) is 13.8 Å². The molecule has 0 heterocycles. The van der Waals surface area contributed by atoms with Gasteiger partial charge in [0.2, 0.25) is 5.91 Å². The van der Waals surface area contributed by atoms with Crippen LogP contribution in [0.1, 0.15) is 34.0 Å². The fourth-order valence-electron chi connectivity index (χ4n) is 2.40. The second kappa shape index (κ2) is 10.0. The minimum absolute atomic E-state index is 0.152. The molecule has 0 unspecified atom stereocenters. The number of amides is 4. The molecular formula is C21H23N3O5. The van der Waals surface area contributed by atoms with E-state index in [2.05, 4.69) is 16.0 Å². The van der Waals surface area contributed by atoms with Crippen LogP contribution in [0.25, 0.3) is 0 Å². The summed E-state index contributed by atoms with van der Waals surface area (Å²) in [6.07, 6.45) is 0. The molecule has 0 atom stereocenters. The summed E-state index contributed by atoms with van der Waals surface area (Å²) >= 11 is 0. The Balaban J connectivity index is 1.80. The molecule has 0 radical (unpaired) electrons. The van der Waals surface area contributed by atoms with E-state index < -0.39 is 24.5 Å². The minimum atomic E-state index is -0.747. The number of imide groups is 1. The van der Waals surface area contributed by atoms with Gasteiger partial charge in [0.15, 0.2) is 6.61 Å². The van der Waals surface area contributed by atoms with Gasteiger partial charge >= 0.3 is 12.0 Å². The molecule has 152 valence electrons. The molecule has 4 amide bonds. The number of esters is 1. The number of nitrogens with one attached hydrogen (secondary N) is 3. The SMILES string of the molecule is CC(=O)NCc1ccc(C(=O)OCC(=O)NC(=O)Nc2cccc(C)c2C)cc1. The number of hydrogen-bond donors (Lipinski definition) is 3. The number of aryl methyl sites for hydroxylation is 1. The maximum atomic E-state index is 12.0. The van der Waals surface area contributed by atoms with Gasteiger partial charge in [-0.25, -0.2) is 9.59 Å². The van der Waals surface area contributed by atoms with Gasteiger partial charge in [-0.2, -0.15) is 0 Å². The lowest BCUT2D eigenvalue weighted by atomic mass is 10.1. The number of benzene rings is 2. The molecule has 0 aliphatic heterocycles. The highest BCUT2D eigenvalue weighted by molar-refractivity contribution is 6.02. The Morgan fingerprint density at radius 1 is 0.966 bits per heavy atom. The van der Waals surface area contributed by atoms with E-state index in [0.717, 1.165) is 16.7 Å². The van der Waals surface area contributed by atoms with Gasteiger partial charge in [0.1, 0.15) is 0 Å². The molecule has 2 rings (SSSR count). The van der Waals surface area contributed by atoms with E-state index >= 15 is 0 Å². The Hall–Kier alpha value is -3.68. The van der Waals surface area contributed by atoms with Crippen molar-refractivity contribution in [2.45, 2.75) is 27.3 Å². The quantitative estimate of drug-likeness (QED) is 0.648. The highest BCUT2D eigenvalue weighted by atomic mass is 16.5. The fourth-order valence-corrected chi connectivity index (χ4v) is 2.40. The highest BCUT2D eigenvalue weighted by Crippen LogP contribution is 2.17. The Kier molecular flexibility index (Phi) is 7.47. The molecule has 2 aromatic rings. The summed E-state index contributed by atoms with van der Waals surface area (Å²) in [4.78, 5) is 46.7. The third-order valence-electron chi connectivity index (χ3n) is 4.17. The van der Waals surface area contributed by atoms with Crippen molar-refractivity contribution < 1.29 is 23.9 Å². The standard InChI is InChI=1S/C21H23N3O5/c1-13-5-4-6-18(14(13)2)23-21(28)24-19(26)12-29-20(27)17-9-7-16(8-10-17)11-22-15(3)25/h4-10H,11-12H2,1-3H3,(H,22,25)(H2,23,24,26,28). The first-order chi connectivity index (χ1) is 13.8. The second-order valence-corrected chi connectivity index (χ2v) is 6.43. The van der Waals surface area contributed by atoms with Crippen molar-refractivity contribution in [3.63, 3.8) is 0 Å². The van der Waals surface area contributed by atoms with Crippen LogP contribution in [-0.4, -0.2) is 30.4 Å². The Morgan fingerprint density at radius 3 is 2.31 bits per heavy atom. The fraction of sp³-hybridized carbons (Fsp3) is 0.238. The number of rotatable bonds is 6. The van der Waals surface area contributed by atoms with Crippen molar-refractivity contribution in [2.75, 3.05) is 11.9 Å². The van der Waals surface area contributed by atoms with E-state index in [1.807, 2.05) is 19.9 Å². The minimum Gasteiger partial charge on any atom is -0.452 e. The van der Waals surface area contributed by atoms with E-state index in [1.165, 1.54) is 19.1 Å². The lowest BCUT2D eigenvalue weighted by molar-refractivity contribution is -0.123. The van der Waals surface area contributed by atoms with Gasteiger partial charge in [-0.15, -0.1) is 0 Å². The highest BCUT2D eigenvalue weighted by Gasteiger charge is 2.13. The van der Waals surface area contributed by atoms with Crippen LogP contribution in [0.15, 0.2) is 42.5 Å². The van der Waals surface area contributed by atoms with E-state index in [9.17, 15) is 19.2 Å². The molecule has 8 heteroatoms. The summed E-state index contributed by atoms with van der Waals surface area (Å²) in [5.41, 5.74) is 3.56. The van der Waals surface area contributed by atoms with Gasteiger partial charge in [-0.05, 0) is 48.7 Å². The lowest BCUT2D eigenvalue weighted by Gasteiger charge is -2.11. The van der Waals surface area contributed by atoms with Crippen LogP contribution in [0.3, 0.4) is 0 Å². The molecule has 0 aliphatic carbocycles. The molecule has 0 fully saturated rings. The van der Waals surface area contributed by atoms with Gasteiger partial charge in [-0.3, -0.25) is 14.9 Å². The van der Waals surface area contributed by atoms with Gasteiger partial charge in [-0.1, -0.05) is 24.3 Å². The molecule has 0 saturated heterocycles. The van der Waals surface area contributed by atoms with E-state index in [0.29, 0.717) is 12.2 Å². The summed E-state index contributed by atoms with van der Waals surface area (Å²) in [6.45, 7) is 4.94. The number of anilines is 1. The summed E-state index contributed by atoms with van der Waals surface area (Å²) in [7, 11) is 0. The first-order valence-corrected chi connectivity index (χ1v) is 8.94. The molecule has 3 N–H and O–H groups in total. The third kappa shape index (κ3) is 6.76. The van der Waals surface area contributed by atoms with Crippen molar-refractivity contribution in [1.82, 2.24) is 10.6 Å². The monoisotopic (exact) mass is 397 g/mol. The zero-order valence-electron chi connectivity index (χ0n) is 16.5. The maximum absolute atomic E-state index is 12.0. The van der Waals surface area contributed by atoms with Gasteiger partial charge in [0.25, 0.3) is 5.91 Å². The van der Waals surface area contributed by atoms with Crippen molar-refractivity contribution in [3.8, 4) is 0 Å². The molecule has 0 saturated carbocycles. The average molecular weight is 397 g/mol. The predicted molar refractivity (Wildman–Crippen MR) is 107 cm³/mol. The van der Waals surface area contributed by atoms with Gasteiger partial charge in [0.05, 0.1) is 5.56 Å². The zero-order chi connectivity index (χ0) is 21.4. The predicted octanol–water partition coefficient (Wildman–Crippen LogP) is 2.44. The number of carbonyl (C=O) groups is 4. The molecule has 0 aliphatic rings. The topological polar surface area (TPSA) is 114 Å². The summed E-state index contributed by atoms with van der Waals surface area (Å²) in [6, 6.07) is 11.1. The van der Waals surface area contributed by atoms with Crippen LogP contribution in [0.2, 0.25) is 0 Å². The lowest BCUT2D eigenvalue weighted by Crippen LogP contribution is -2.37. The van der Waals surface area contributed by atoms with Crippen LogP contribution in [0.4, 0.5) is 10.5 Å². The van der Waals surface area contributed by atoms with Crippen LogP contribution >= 0.6 is 0 Å². The molecule has 0 spiro atoms. The van der Waals surface area contributed by atoms with Crippen LogP contribution in [-0.2, 0) is 20.9 Å². The number of ether oxygens (including phenoxy) is 1. The first kappa shape index (κ1) is 21.6. The Bertz CT molecular complexity index is 922. The zero-order valence-corrected chi connectivity index (χ0v) is 16.5. The number of carbonyl (C=O) groups excluding carboxylic acids is 4. The van der Waals surface area contributed by atoms with Crippen LogP contribution in [0.5, 0.6) is 0 Å². The van der Waals surface area contributed by atoms with Crippen molar-refractivity contribution in [3.05, 3.63) is 64.7 Å². The Morgan fingerprint density at radius 2 is 1.66 bits per heavy atom. The van der Waals surface area contributed by atoms with E-state index in [1.54, 1.807) is 24.3 Å². The molecule has 0 aromatic heterocycles. The van der Waals surface area contributed by atoms with Crippen molar-refractivity contribution >= 4 is 29.5 Å². The first-order valence-electron chi connectivity index (χ1n) is 8.94. The van der Waals surface area contributed by atoms with Crippen molar-refractivity contribution in [2.24, 2.45) is 0 Å². The van der Waals surface area contributed by atoms with Crippen molar-refractivity contribution in [1.29, 1.82) is 0 Å². The molecular weight excluding hydrogens is 374 g/mol. The molecule has 0 bridgehead atoms. The maximum Gasteiger partial charge on any atom is 0.338 e. The second-order valence-electron chi connectivity index (χ2n) is 6.43. The summed E-state index contributed by atoms with van der Waals surface area (Å²) < 4.78 is 4.92. The smallest absolute Gasteiger partial charge is 0.338 e. The normalized spacial score (nSPS) is 10.0. The summed E-state index contributed by atoms with van der Waals surface area (Å²) in [5, 5.41) is 7.34. The van der Waals surface area contributed by atoms with Gasteiger partial charge in [0, 0.05) is 19.2 Å². The van der Waals surface area contributed by atoms with E-state index in [-0.39, 0.29) is 11.5 Å². The number of hydrogen-bond acceptors (Lipinski definition) is 5. The molecule has 29 heavy (non-hydrogen) atoms. The Labute approximate surface area is 168 Å². The molecule has 2 aromatic carbocycles. The van der Waals surface area contributed by atoms with E-state index in [4.69, 9.17) is 4.74 Å². The van der Waals surface area contributed by atoms with Crippen LogP contribution < -0.4 is 16.0 Å².